The van der Waals surface area contributed by atoms with Crippen molar-refractivity contribution >= 4 is 11.9 Å². The van der Waals surface area contributed by atoms with E-state index in [4.69, 9.17) is 9.84 Å². The van der Waals surface area contributed by atoms with Gasteiger partial charge in [-0.3, -0.25) is 4.79 Å². The van der Waals surface area contributed by atoms with Crippen molar-refractivity contribution in [1.82, 2.24) is 0 Å². The molecule has 0 aromatic heterocycles. The highest BCUT2D eigenvalue weighted by atomic mass is 16.5. The zero-order valence-electron chi connectivity index (χ0n) is 16.1. The number of rotatable bonds is 5. The molecule has 0 aliphatic heterocycles. The van der Waals surface area contributed by atoms with Gasteiger partial charge in [0.05, 0.1) is 12.5 Å². The summed E-state index contributed by atoms with van der Waals surface area (Å²) in [6.45, 7) is 10.6. The van der Waals surface area contributed by atoms with Crippen LogP contribution >= 0.6 is 0 Å². The van der Waals surface area contributed by atoms with Crippen molar-refractivity contribution in [3.8, 4) is 0 Å². The van der Waals surface area contributed by atoms with Gasteiger partial charge in [-0.05, 0) is 69.6 Å². The maximum Gasteiger partial charge on any atom is 0.328 e. The van der Waals surface area contributed by atoms with Crippen LogP contribution in [0.2, 0.25) is 0 Å². The minimum atomic E-state index is -0.889. The van der Waals surface area contributed by atoms with E-state index in [-0.39, 0.29) is 11.4 Å². The van der Waals surface area contributed by atoms with Crippen LogP contribution in [0.25, 0.3) is 0 Å². The average molecular weight is 348 g/mol. The number of fused-ring (bicyclic) bond motifs is 1. The zero-order valence-corrected chi connectivity index (χ0v) is 16.1. The molecule has 0 aromatic carbocycles. The van der Waals surface area contributed by atoms with Crippen molar-refractivity contribution in [2.45, 2.75) is 65.7 Å². The normalized spacial score (nSPS) is 35.8. The van der Waals surface area contributed by atoms with E-state index >= 15 is 0 Å². The van der Waals surface area contributed by atoms with Crippen LogP contribution in [-0.2, 0) is 14.3 Å². The number of allylic oxidation sites excluding steroid dienone is 2. The van der Waals surface area contributed by atoms with Crippen LogP contribution in [0, 0.1) is 22.7 Å². The second-order valence-electron chi connectivity index (χ2n) is 8.44. The molecule has 2 aliphatic carbocycles. The Labute approximate surface area is 151 Å². The van der Waals surface area contributed by atoms with E-state index in [2.05, 4.69) is 20.4 Å². The van der Waals surface area contributed by atoms with Gasteiger partial charge in [0.2, 0.25) is 0 Å². The highest BCUT2D eigenvalue weighted by molar-refractivity contribution is 5.80. The Bertz CT molecular complexity index is 591. The van der Waals surface area contributed by atoms with Crippen LogP contribution in [0.4, 0.5) is 0 Å². The SMILES string of the molecule is C=C1CC[C@H]2[C@@](C)(CCC[C@]2(C)C(=O)OC)[C@@H]1CC/C(C)=C/C(=O)O. The maximum absolute atomic E-state index is 12.5. The number of hydrogen-bond acceptors (Lipinski definition) is 3. The third kappa shape index (κ3) is 3.68. The fourth-order valence-corrected chi connectivity index (χ4v) is 5.61. The molecule has 0 radical (unpaired) electrons. The number of carboxylic acids is 1. The average Bonchev–Trinajstić information content (AvgIpc) is 2.52. The van der Waals surface area contributed by atoms with Crippen LogP contribution in [0.15, 0.2) is 23.8 Å². The lowest BCUT2D eigenvalue weighted by Gasteiger charge is -2.57. The highest BCUT2D eigenvalue weighted by Crippen LogP contribution is 2.62. The third-order valence-corrected chi connectivity index (χ3v) is 6.87. The first-order valence-electron chi connectivity index (χ1n) is 9.31. The number of carboxylic acid groups (broad SMARTS) is 1. The minimum Gasteiger partial charge on any atom is -0.478 e. The molecule has 2 rings (SSSR count). The first-order chi connectivity index (χ1) is 11.6. The number of ether oxygens (including phenoxy) is 1. The van der Waals surface area contributed by atoms with E-state index < -0.39 is 11.4 Å². The van der Waals surface area contributed by atoms with E-state index in [0.717, 1.165) is 50.5 Å². The Morgan fingerprint density at radius 2 is 2.04 bits per heavy atom. The second kappa shape index (κ2) is 7.35. The summed E-state index contributed by atoms with van der Waals surface area (Å²) in [4.78, 5) is 23.4. The Hall–Kier alpha value is -1.58. The Kier molecular flexibility index (Phi) is 5.80. The number of carbonyl (C=O) groups is 2. The summed E-state index contributed by atoms with van der Waals surface area (Å²) in [5, 5.41) is 8.92. The van der Waals surface area contributed by atoms with Crippen LogP contribution in [-0.4, -0.2) is 24.2 Å². The maximum atomic E-state index is 12.5. The smallest absolute Gasteiger partial charge is 0.328 e. The van der Waals surface area contributed by atoms with Gasteiger partial charge in [0.25, 0.3) is 0 Å². The molecule has 140 valence electrons. The fourth-order valence-electron chi connectivity index (χ4n) is 5.61. The van der Waals surface area contributed by atoms with Gasteiger partial charge in [-0.25, -0.2) is 4.79 Å². The first-order valence-corrected chi connectivity index (χ1v) is 9.31. The predicted molar refractivity (Wildman–Crippen MR) is 98.1 cm³/mol. The highest BCUT2D eigenvalue weighted by Gasteiger charge is 2.57. The number of methoxy groups -OCH3 is 1. The fraction of sp³-hybridized carbons (Fsp3) is 0.714. The van der Waals surface area contributed by atoms with Crippen molar-refractivity contribution in [3.63, 3.8) is 0 Å². The molecular weight excluding hydrogens is 316 g/mol. The van der Waals surface area contributed by atoms with E-state index in [0.29, 0.717) is 11.8 Å². The molecule has 4 atom stereocenters. The Balaban J connectivity index is 2.27. The molecule has 0 bridgehead atoms. The van der Waals surface area contributed by atoms with Gasteiger partial charge >= 0.3 is 11.9 Å². The standard InChI is InChI=1S/C21H32O4/c1-14(13-18(22)23)7-9-16-15(2)8-10-17-20(16,3)11-6-12-21(17,4)19(24)25-5/h13,16-17H,2,6-12H2,1,3-5H3,(H,22,23)/b14-13+/t16-,17+,20+,21+/m1/s1. The Morgan fingerprint density at radius 1 is 1.36 bits per heavy atom. The molecule has 0 saturated heterocycles. The van der Waals surface area contributed by atoms with E-state index in [1.807, 2.05) is 6.92 Å². The summed E-state index contributed by atoms with van der Waals surface area (Å²) in [6.07, 6.45) is 7.89. The molecule has 25 heavy (non-hydrogen) atoms. The molecule has 0 unspecified atom stereocenters. The summed E-state index contributed by atoms with van der Waals surface area (Å²) in [7, 11) is 1.48. The largest absolute Gasteiger partial charge is 0.478 e. The molecular formula is C21H32O4. The van der Waals surface area contributed by atoms with Gasteiger partial charge in [-0.2, -0.15) is 0 Å². The zero-order chi connectivity index (χ0) is 18.8. The molecule has 0 heterocycles. The van der Waals surface area contributed by atoms with Crippen molar-refractivity contribution in [2.24, 2.45) is 22.7 Å². The van der Waals surface area contributed by atoms with E-state index in [1.54, 1.807) is 0 Å². The lowest BCUT2D eigenvalue weighted by atomic mass is 9.46. The third-order valence-electron chi connectivity index (χ3n) is 6.87. The Morgan fingerprint density at radius 3 is 2.64 bits per heavy atom. The van der Waals surface area contributed by atoms with Gasteiger partial charge in [-0.15, -0.1) is 0 Å². The first kappa shape index (κ1) is 19.7. The summed E-state index contributed by atoms with van der Waals surface area (Å²) in [6, 6.07) is 0. The van der Waals surface area contributed by atoms with Gasteiger partial charge in [0, 0.05) is 6.08 Å². The van der Waals surface area contributed by atoms with Crippen LogP contribution < -0.4 is 0 Å². The molecule has 0 spiro atoms. The molecule has 2 aliphatic rings. The number of esters is 1. The summed E-state index contributed by atoms with van der Waals surface area (Å²) >= 11 is 0. The minimum absolute atomic E-state index is 0.0278. The monoisotopic (exact) mass is 348 g/mol. The van der Waals surface area contributed by atoms with Gasteiger partial charge in [-0.1, -0.05) is 31.1 Å². The quantitative estimate of drug-likeness (QED) is 0.442. The van der Waals surface area contributed by atoms with Crippen LogP contribution in [0.5, 0.6) is 0 Å². The molecule has 1 N–H and O–H groups in total. The van der Waals surface area contributed by atoms with Gasteiger partial charge < -0.3 is 9.84 Å². The van der Waals surface area contributed by atoms with Crippen molar-refractivity contribution in [2.75, 3.05) is 7.11 Å². The second-order valence-corrected chi connectivity index (χ2v) is 8.44. The summed E-state index contributed by atoms with van der Waals surface area (Å²) in [5.41, 5.74) is 1.75. The predicted octanol–water partition coefficient (Wildman–Crippen LogP) is 4.75. The molecule has 4 nitrogen and oxygen atoms in total. The van der Waals surface area contributed by atoms with Crippen LogP contribution in [0.1, 0.15) is 65.7 Å². The van der Waals surface area contributed by atoms with Gasteiger partial charge in [0.15, 0.2) is 0 Å². The topological polar surface area (TPSA) is 63.6 Å². The van der Waals surface area contributed by atoms with E-state index in [1.165, 1.54) is 18.8 Å². The number of aliphatic carboxylic acids is 1. The van der Waals surface area contributed by atoms with Crippen molar-refractivity contribution < 1.29 is 19.4 Å². The number of hydrogen-bond donors (Lipinski definition) is 1. The number of carbonyl (C=O) groups excluding carboxylic acids is 1. The lowest BCUT2D eigenvalue weighted by Crippen LogP contribution is -2.53. The molecule has 0 amide bonds. The van der Waals surface area contributed by atoms with Crippen molar-refractivity contribution in [1.29, 1.82) is 0 Å². The summed E-state index contributed by atoms with van der Waals surface area (Å²) in [5.74, 6) is -0.357. The van der Waals surface area contributed by atoms with E-state index in [9.17, 15) is 9.59 Å². The lowest BCUT2D eigenvalue weighted by molar-refractivity contribution is -0.168. The molecule has 4 heteroatoms. The molecule has 2 fully saturated rings. The van der Waals surface area contributed by atoms with Crippen LogP contribution in [0.3, 0.4) is 0 Å². The molecule has 2 saturated carbocycles. The summed E-state index contributed by atoms with van der Waals surface area (Å²) < 4.78 is 5.15. The van der Waals surface area contributed by atoms with Crippen molar-refractivity contribution in [3.05, 3.63) is 23.8 Å². The molecule has 0 aromatic rings. The van der Waals surface area contributed by atoms with Gasteiger partial charge in [0.1, 0.15) is 0 Å².